The number of thiophene rings is 1. The third-order valence-electron chi connectivity index (χ3n) is 5.07. The molecule has 0 aliphatic heterocycles. The van der Waals surface area contributed by atoms with Gasteiger partial charge in [-0.05, 0) is 48.2 Å². The topological polar surface area (TPSA) is 67.4 Å². The van der Waals surface area contributed by atoms with Gasteiger partial charge in [0.2, 0.25) is 0 Å². The lowest BCUT2D eigenvalue weighted by atomic mass is 10.0. The number of hydrogen-bond acceptors (Lipinski definition) is 4. The van der Waals surface area contributed by atoms with Gasteiger partial charge in [0.25, 0.3) is 11.8 Å². The van der Waals surface area contributed by atoms with Crippen LogP contribution < -0.4 is 15.4 Å². The number of carbonyl (C=O) groups is 2. The van der Waals surface area contributed by atoms with E-state index in [0.717, 1.165) is 16.0 Å². The second-order valence-corrected chi connectivity index (χ2v) is 8.51. The first-order valence-electron chi connectivity index (χ1n) is 10.6. The predicted octanol–water partition coefficient (Wildman–Crippen LogP) is 5.59. The van der Waals surface area contributed by atoms with Gasteiger partial charge in [0.1, 0.15) is 5.75 Å². The van der Waals surface area contributed by atoms with Crippen LogP contribution in [0.1, 0.15) is 32.4 Å². The second kappa shape index (κ2) is 10.6. The molecule has 0 saturated carbocycles. The van der Waals surface area contributed by atoms with E-state index in [4.69, 9.17) is 4.74 Å². The van der Waals surface area contributed by atoms with Crippen LogP contribution in [-0.4, -0.2) is 18.4 Å². The number of rotatable bonds is 8. The van der Waals surface area contributed by atoms with Gasteiger partial charge in [-0.3, -0.25) is 9.59 Å². The molecule has 2 N–H and O–H groups in total. The summed E-state index contributed by atoms with van der Waals surface area (Å²) in [7, 11) is 0. The third-order valence-corrected chi connectivity index (χ3v) is 6.00. The van der Waals surface area contributed by atoms with Crippen LogP contribution in [0.2, 0.25) is 0 Å². The van der Waals surface area contributed by atoms with Crippen LogP contribution in [0.5, 0.6) is 5.75 Å². The number of nitrogens with one attached hydrogen (secondary N) is 2. The molecule has 4 aromatic rings. The van der Waals surface area contributed by atoms with Gasteiger partial charge in [-0.2, -0.15) is 0 Å². The molecule has 3 aromatic carbocycles. The zero-order valence-electron chi connectivity index (χ0n) is 18.2. The molecule has 166 valence electrons. The van der Waals surface area contributed by atoms with E-state index in [-0.39, 0.29) is 24.5 Å². The highest BCUT2D eigenvalue weighted by atomic mass is 32.1. The summed E-state index contributed by atoms with van der Waals surface area (Å²) in [5.41, 5.74) is 3.21. The summed E-state index contributed by atoms with van der Waals surface area (Å²) in [6.45, 7) is 1.82. The van der Waals surface area contributed by atoms with Crippen molar-refractivity contribution in [2.75, 3.05) is 11.9 Å². The van der Waals surface area contributed by atoms with Gasteiger partial charge in [0, 0.05) is 10.6 Å². The molecule has 0 bridgehead atoms. The first-order valence-corrected chi connectivity index (χ1v) is 11.5. The van der Waals surface area contributed by atoms with E-state index in [0.29, 0.717) is 17.0 Å². The maximum Gasteiger partial charge on any atom is 0.259 e. The average molecular weight is 457 g/mol. The Morgan fingerprint density at radius 2 is 1.61 bits per heavy atom. The number of anilines is 1. The summed E-state index contributed by atoms with van der Waals surface area (Å²) in [6, 6.07) is 27.9. The van der Waals surface area contributed by atoms with Gasteiger partial charge in [0.05, 0.1) is 11.6 Å². The molecule has 6 heteroatoms. The zero-order valence-corrected chi connectivity index (χ0v) is 19.0. The first-order chi connectivity index (χ1) is 16.1. The number of benzene rings is 3. The molecule has 0 fully saturated rings. The van der Waals surface area contributed by atoms with Gasteiger partial charge in [-0.1, -0.05) is 66.2 Å². The van der Waals surface area contributed by atoms with Crippen LogP contribution in [0.4, 0.5) is 5.69 Å². The normalized spacial score (nSPS) is 11.4. The van der Waals surface area contributed by atoms with E-state index in [1.165, 1.54) is 0 Å². The molecule has 5 nitrogen and oxygen atoms in total. The van der Waals surface area contributed by atoms with Crippen LogP contribution in [-0.2, 0) is 4.79 Å². The molecule has 0 spiro atoms. The maximum absolute atomic E-state index is 12.8. The van der Waals surface area contributed by atoms with Gasteiger partial charge < -0.3 is 15.4 Å². The lowest BCUT2D eigenvalue weighted by Gasteiger charge is -2.19. The largest absolute Gasteiger partial charge is 0.483 e. The fraction of sp³-hybridized carbons (Fsp3) is 0.111. The zero-order chi connectivity index (χ0) is 23.0. The molecule has 0 aliphatic rings. The van der Waals surface area contributed by atoms with Gasteiger partial charge in [-0.15, -0.1) is 11.3 Å². The number of para-hydroxylation sites is 2. The summed E-state index contributed by atoms with van der Waals surface area (Å²) in [5, 5.41) is 7.89. The van der Waals surface area contributed by atoms with Crippen molar-refractivity contribution in [2.24, 2.45) is 0 Å². The number of carbonyl (C=O) groups excluding carboxylic acids is 2. The summed E-state index contributed by atoms with van der Waals surface area (Å²) in [4.78, 5) is 26.6. The molecule has 0 radical (unpaired) electrons. The van der Waals surface area contributed by atoms with Crippen LogP contribution >= 0.6 is 11.3 Å². The van der Waals surface area contributed by atoms with E-state index in [2.05, 4.69) is 10.6 Å². The van der Waals surface area contributed by atoms with Crippen molar-refractivity contribution in [3.8, 4) is 5.75 Å². The fourth-order valence-electron chi connectivity index (χ4n) is 3.38. The van der Waals surface area contributed by atoms with Crippen LogP contribution in [0.15, 0.2) is 96.4 Å². The molecular formula is C27H24N2O3S. The molecule has 1 aromatic heterocycles. The molecule has 0 aliphatic carbocycles. The Morgan fingerprint density at radius 3 is 2.33 bits per heavy atom. The fourth-order valence-corrected chi connectivity index (χ4v) is 4.18. The second-order valence-electron chi connectivity index (χ2n) is 7.53. The Morgan fingerprint density at radius 1 is 0.879 bits per heavy atom. The van der Waals surface area contributed by atoms with Gasteiger partial charge in [-0.25, -0.2) is 0 Å². The molecular weight excluding hydrogens is 432 g/mol. The molecule has 1 atom stereocenters. The van der Waals surface area contributed by atoms with Crippen LogP contribution in [0, 0.1) is 6.92 Å². The molecule has 0 saturated heterocycles. The minimum Gasteiger partial charge on any atom is -0.483 e. The predicted molar refractivity (Wildman–Crippen MR) is 132 cm³/mol. The highest BCUT2D eigenvalue weighted by molar-refractivity contribution is 7.10. The number of hydrogen-bond donors (Lipinski definition) is 2. The maximum atomic E-state index is 12.8. The number of ether oxygens (including phenoxy) is 1. The lowest BCUT2D eigenvalue weighted by molar-refractivity contribution is -0.123. The highest BCUT2D eigenvalue weighted by Crippen LogP contribution is 2.26. The average Bonchev–Trinajstić information content (AvgIpc) is 3.37. The molecule has 1 heterocycles. The summed E-state index contributed by atoms with van der Waals surface area (Å²) in [5.74, 6) is -0.218. The first kappa shape index (κ1) is 22.3. The van der Waals surface area contributed by atoms with Crippen LogP contribution in [0.3, 0.4) is 0 Å². The summed E-state index contributed by atoms with van der Waals surface area (Å²) < 4.78 is 5.76. The van der Waals surface area contributed by atoms with E-state index in [1.54, 1.807) is 35.6 Å². The molecule has 2 amide bonds. The van der Waals surface area contributed by atoms with E-state index in [9.17, 15) is 9.59 Å². The minimum absolute atomic E-state index is 0.205. The molecule has 4 rings (SSSR count). The Bertz CT molecular complexity index is 1210. The SMILES string of the molecule is Cc1ccc([C@@H](NC(=O)COc2ccccc2C(=O)Nc2ccccc2)c2cccs2)cc1. The Kier molecular flexibility index (Phi) is 7.17. The van der Waals surface area contributed by atoms with E-state index < -0.39 is 0 Å². The number of aryl methyl sites for hydroxylation is 1. The van der Waals surface area contributed by atoms with E-state index in [1.807, 2.05) is 79.0 Å². The van der Waals surface area contributed by atoms with Crippen molar-refractivity contribution in [2.45, 2.75) is 13.0 Å². The van der Waals surface area contributed by atoms with Crippen molar-refractivity contribution >= 4 is 28.8 Å². The summed E-state index contributed by atoms with van der Waals surface area (Å²) >= 11 is 1.59. The molecule has 0 unspecified atom stereocenters. The smallest absolute Gasteiger partial charge is 0.259 e. The van der Waals surface area contributed by atoms with Gasteiger partial charge in [0.15, 0.2) is 6.61 Å². The molecule has 33 heavy (non-hydrogen) atoms. The lowest BCUT2D eigenvalue weighted by Crippen LogP contribution is -2.33. The van der Waals surface area contributed by atoms with Crippen molar-refractivity contribution in [3.05, 3.63) is 118 Å². The Labute approximate surface area is 197 Å². The minimum atomic E-state index is -0.298. The van der Waals surface area contributed by atoms with Crippen molar-refractivity contribution in [3.63, 3.8) is 0 Å². The standard InChI is InChI=1S/C27H24N2O3S/c1-19-13-15-20(16-14-19)26(24-12-7-17-33-24)29-25(30)18-32-23-11-6-5-10-22(23)27(31)28-21-8-3-2-4-9-21/h2-17,26H,18H2,1H3,(H,28,31)(H,29,30)/t26-/m1/s1. The van der Waals surface area contributed by atoms with Crippen LogP contribution in [0.25, 0.3) is 0 Å². The van der Waals surface area contributed by atoms with Gasteiger partial charge >= 0.3 is 0 Å². The monoisotopic (exact) mass is 456 g/mol. The Balaban J connectivity index is 1.44. The summed E-state index contributed by atoms with van der Waals surface area (Å²) in [6.07, 6.45) is 0. The quantitative estimate of drug-likeness (QED) is 0.363. The van der Waals surface area contributed by atoms with E-state index >= 15 is 0 Å². The van der Waals surface area contributed by atoms with Crippen molar-refractivity contribution in [1.82, 2.24) is 5.32 Å². The van der Waals surface area contributed by atoms with Crippen molar-refractivity contribution in [1.29, 1.82) is 0 Å². The van der Waals surface area contributed by atoms with Crippen molar-refractivity contribution < 1.29 is 14.3 Å². The number of amides is 2. The Hall–Kier alpha value is -3.90. The third kappa shape index (κ3) is 5.87. The highest BCUT2D eigenvalue weighted by Gasteiger charge is 2.19.